The molecule has 26 heavy (non-hydrogen) atoms. The van der Waals surface area contributed by atoms with E-state index in [1.807, 2.05) is 31.2 Å². The van der Waals surface area contributed by atoms with Crippen molar-refractivity contribution in [3.05, 3.63) is 48.3 Å². The minimum Gasteiger partial charge on any atom is -0.497 e. The summed E-state index contributed by atoms with van der Waals surface area (Å²) >= 11 is 0. The smallest absolute Gasteiger partial charge is 0.212 e. The highest BCUT2D eigenvalue weighted by Crippen LogP contribution is 2.30. The van der Waals surface area contributed by atoms with E-state index in [2.05, 4.69) is 20.2 Å². The Balaban J connectivity index is 1.82. The summed E-state index contributed by atoms with van der Waals surface area (Å²) in [6.07, 6.45) is 3.41. The molecule has 3 heterocycles. The summed E-state index contributed by atoms with van der Waals surface area (Å²) in [5, 5.41) is 7.33. The summed E-state index contributed by atoms with van der Waals surface area (Å²) in [5.41, 5.74) is 5.77. The van der Waals surface area contributed by atoms with Crippen LogP contribution in [0.15, 0.2) is 42.7 Å². The van der Waals surface area contributed by atoms with Gasteiger partial charge < -0.3 is 9.47 Å². The second-order valence-electron chi connectivity index (χ2n) is 5.80. The molecule has 0 amide bonds. The summed E-state index contributed by atoms with van der Waals surface area (Å²) in [4.78, 5) is 13.4. The molecule has 0 radical (unpaired) electrons. The number of hydrogen-bond donors (Lipinski definition) is 1. The molecule has 0 unspecified atom stereocenters. The predicted molar refractivity (Wildman–Crippen MR) is 98.2 cm³/mol. The lowest BCUT2D eigenvalue weighted by Crippen LogP contribution is -1.92. The molecule has 7 nitrogen and oxygen atoms in total. The van der Waals surface area contributed by atoms with E-state index in [1.54, 1.807) is 32.7 Å². The van der Waals surface area contributed by atoms with Gasteiger partial charge in [0.15, 0.2) is 5.65 Å². The van der Waals surface area contributed by atoms with Crippen LogP contribution in [0.1, 0.15) is 5.56 Å². The van der Waals surface area contributed by atoms with E-state index in [1.165, 1.54) is 0 Å². The fourth-order valence-electron chi connectivity index (χ4n) is 2.82. The Labute approximate surface area is 150 Å². The third-order valence-corrected chi connectivity index (χ3v) is 4.21. The number of pyridine rings is 1. The van der Waals surface area contributed by atoms with Gasteiger partial charge in [-0.1, -0.05) is 0 Å². The number of ether oxygens (including phenoxy) is 2. The second-order valence-corrected chi connectivity index (χ2v) is 5.80. The highest BCUT2D eigenvalue weighted by molar-refractivity contribution is 5.89. The average molecular weight is 347 g/mol. The number of rotatable bonds is 4. The second kappa shape index (κ2) is 6.44. The molecular formula is C19H17N5O2. The number of nitrogens with zero attached hydrogens (tertiary/aromatic N) is 4. The van der Waals surface area contributed by atoms with Crippen molar-refractivity contribution >= 4 is 11.2 Å². The van der Waals surface area contributed by atoms with Gasteiger partial charge in [0.1, 0.15) is 11.3 Å². The van der Waals surface area contributed by atoms with Crippen molar-refractivity contribution in [3.8, 4) is 34.1 Å². The number of aryl methyl sites for hydroxylation is 1. The molecule has 1 N–H and O–H groups in total. The van der Waals surface area contributed by atoms with Crippen LogP contribution in [0.25, 0.3) is 33.7 Å². The molecule has 3 aromatic heterocycles. The Morgan fingerprint density at radius 3 is 2.54 bits per heavy atom. The van der Waals surface area contributed by atoms with E-state index in [-0.39, 0.29) is 0 Å². The van der Waals surface area contributed by atoms with Gasteiger partial charge in [0.2, 0.25) is 5.88 Å². The average Bonchev–Trinajstić information content (AvgIpc) is 3.11. The normalized spacial score (nSPS) is 10.9. The number of hydrogen-bond acceptors (Lipinski definition) is 6. The molecule has 0 atom stereocenters. The largest absolute Gasteiger partial charge is 0.497 e. The van der Waals surface area contributed by atoms with Gasteiger partial charge in [0, 0.05) is 23.4 Å². The van der Waals surface area contributed by atoms with E-state index in [4.69, 9.17) is 14.5 Å². The molecule has 0 spiro atoms. The van der Waals surface area contributed by atoms with Gasteiger partial charge in [-0.2, -0.15) is 5.10 Å². The minimum atomic E-state index is 0.556. The fraction of sp³-hybridized carbons (Fsp3) is 0.158. The third-order valence-electron chi connectivity index (χ3n) is 4.21. The summed E-state index contributed by atoms with van der Waals surface area (Å²) in [6, 6.07) is 9.59. The van der Waals surface area contributed by atoms with Gasteiger partial charge in [-0.25, -0.2) is 15.0 Å². The van der Waals surface area contributed by atoms with Crippen molar-refractivity contribution in [2.75, 3.05) is 14.2 Å². The predicted octanol–water partition coefficient (Wildman–Crippen LogP) is 3.41. The van der Waals surface area contributed by atoms with Gasteiger partial charge in [-0.05, 0) is 36.8 Å². The zero-order chi connectivity index (χ0) is 18.1. The van der Waals surface area contributed by atoms with Gasteiger partial charge >= 0.3 is 0 Å². The number of methoxy groups -OCH3 is 2. The van der Waals surface area contributed by atoms with Gasteiger partial charge in [0.05, 0.1) is 31.8 Å². The summed E-state index contributed by atoms with van der Waals surface area (Å²) in [7, 11) is 3.24. The number of benzene rings is 1. The fourth-order valence-corrected chi connectivity index (χ4v) is 2.82. The van der Waals surface area contributed by atoms with E-state index in [0.717, 1.165) is 33.8 Å². The summed E-state index contributed by atoms with van der Waals surface area (Å²) in [6.45, 7) is 2.02. The number of aromatic amines is 1. The van der Waals surface area contributed by atoms with Crippen LogP contribution in [0.4, 0.5) is 0 Å². The maximum atomic E-state index is 5.28. The van der Waals surface area contributed by atoms with Crippen LogP contribution >= 0.6 is 0 Å². The van der Waals surface area contributed by atoms with Crippen LogP contribution in [0.2, 0.25) is 0 Å². The molecule has 4 aromatic rings. The standard InChI is InChI=1S/C19H17N5O2/c1-11-8-13(25-2)5-6-14(11)17-18-19(24-23-17)21-10-15(22-18)12-4-7-16(26-3)20-9-12/h4-10H,1-3H3,(H,21,23,24). The van der Waals surface area contributed by atoms with Gasteiger partial charge in [0.25, 0.3) is 0 Å². The van der Waals surface area contributed by atoms with Crippen LogP contribution in [0.5, 0.6) is 11.6 Å². The number of nitrogens with one attached hydrogen (secondary N) is 1. The maximum absolute atomic E-state index is 5.28. The first-order valence-corrected chi connectivity index (χ1v) is 8.06. The molecular weight excluding hydrogens is 330 g/mol. The summed E-state index contributed by atoms with van der Waals surface area (Å²) < 4.78 is 10.4. The van der Waals surface area contributed by atoms with Crippen LogP contribution in [0, 0.1) is 6.92 Å². The first-order chi connectivity index (χ1) is 12.7. The lowest BCUT2D eigenvalue weighted by atomic mass is 10.0. The highest BCUT2D eigenvalue weighted by atomic mass is 16.5. The Morgan fingerprint density at radius 1 is 0.962 bits per heavy atom. The van der Waals surface area contributed by atoms with Crippen LogP contribution in [-0.2, 0) is 0 Å². The van der Waals surface area contributed by atoms with Crippen molar-refractivity contribution in [1.29, 1.82) is 0 Å². The monoisotopic (exact) mass is 347 g/mol. The van der Waals surface area contributed by atoms with Crippen molar-refractivity contribution in [2.45, 2.75) is 6.92 Å². The van der Waals surface area contributed by atoms with E-state index < -0.39 is 0 Å². The zero-order valence-electron chi connectivity index (χ0n) is 14.6. The molecule has 0 saturated heterocycles. The van der Waals surface area contributed by atoms with Gasteiger partial charge in [-0.3, -0.25) is 5.10 Å². The van der Waals surface area contributed by atoms with Crippen molar-refractivity contribution in [1.82, 2.24) is 25.1 Å². The Kier molecular flexibility index (Phi) is 3.96. The Hall–Kier alpha value is -3.48. The lowest BCUT2D eigenvalue weighted by molar-refractivity contribution is 0.398. The van der Waals surface area contributed by atoms with Crippen molar-refractivity contribution in [3.63, 3.8) is 0 Å². The number of H-pyrrole nitrogens is 1. The third kappa shape index (κ3) is 2.73. The minimum absolute atomic E-state index is 0.556. The molecule has 0 aliphatic rings. The molecule has 0 saturated carbocycles. The molecule has 0 aliphatic heterocycles. The zero-order valence-corrected chi connectivity index (χ0v) is 14.6. The van der Waals surface area contributed by atoms with E-state index in [0.29, 0.717) is 17.0 Å². The molecule has 4 rings (SSSR count). The van der Waals surface area contributed by atoms with Crippen LogP contribution in [0.3, 0.4) is 0 Å². The van der Waals surface area contributed by atoms with Crippen LogP contribution < -0.4 is 9.47 Å². The van der Waals surface area contributed by atoms with E-state index >= 15 is 0 Å². The SMILES string of the molecule is COc1ccc(-c2[nH]nc3ncc(-c4ccc(OC)nc4)nc23)c(C)c1. The molecule has 7 heteroatoms. The molecule has 0 fully saturated rings. The lowest BCUT2D eigenvalue weighted by Gasteiger charge is -2.07. The number of aromatic nitrogens is 5. The molecule has 1 aromatic carbocycles. The van der Waals surface area contributed by atoms with Crippen molar-refractivity contribution < 1.29 is 9.47 Å². The molecule has 0 aliphatic carbocycles. The topological polar surface area (TPSA) is 85.8 Å². The Bertz CT molecular complexity index is 1070. The van der Waals surface area contributed by atoms with Gasteiger partial charge in [-0.15, -0.1) is 0 Å². The Morgan fingerprint density at radius 2 is 1.85 bits per heavy atom. The first kappa shape index (κ1) is 16.0. The van der Waals surface area contributed by atoms with E-state index in [9.17, 15) is 0 Å². The highest BCUT2D eigenvalue weighted by Gasteiger charge is 2.14. The quantitative estimate of drug-likeness (QED) is 0.609. The molecule has 130 valence electrons. The summed E-state index contributed by atoms with van der Waals surface area (Å²) in [5.74, 6) is 1.37. The number of fused-ring (bicyclic) bond motifs is 1. The van der Waals surface area contributed by atoms with Crippen LogP contribution in [-0.4, -0.2) is 39.4 Å². The first-order valence-electron chi connectivity index (χ1n) is 8.06. The van der Waals surface area contributed by atoms with Crippen molar-refractivity contribution in [2.24, 2.45) is 0 Å². The maximum Gasteiger partial charge on any atom is 0.212 e. The molecule has 0 bridgehead atoms.